The van der Waals surface area contributed by atoms with Gasteiger partial charge in [-0.25, -0.2) is 0 Å². The molecule has 0 aliphatic carbocycles. The van der Waals surface area contributed by atoms with E-state index in [2.05, 4.69) is 66.6 Å². The van der Waals surface area contributed by atoms with Crippen LogP contribution in [0.1, 0.15) is 20.8 Å². The summed E-state index contributed by atoms with van der Waals surface area (Å²) in [6, 6.07) is 0. The Hall–Kier alpha value is 0.274. The Morgan fingerprint density at radius 3 is 1.75 bits per heavy atom. The van der Waals surface area contributed by atoms with Crippen LogP contribution in [0.5, 0.6) is 0 Å². The van der Waals surface area contributed by atoms with E-state index in [1.807, 2.05) is 0 Å². The maximum Gasteiger partial charge on any atom is 0.361 e. The first-order chi connectivity index (χ1) is 7.35. The van der Waals surface area contributed by atoms with E-state index in [0.717, 1.165) is 19.6 Å². The molecule has 0 saturated heterocycles. The quantitative estimate of drug-likeness (QED) is 0.571. The highest BCUT2D eigenvalue weighted by Crippen LogP contribution is 2.05. The van der Waals surface area contributed by atoms with E-state index in [4.69, 9.17) is 0 Å². The lowest BCUT2D eigenvalue weighted by Gasteiger charge is -2.44. The van der Waals surface area contributed by atoms with E-state index >= 15 is 0 Å². The van der Waals surface area contributed by atoms with Crippen LogP contribution in [0.3, 0.4) is 0 Å². The first kappa shape index (κ1) is 16.3. The zero-order valence-electron chi connectivity index (χ0n) is 12.1. The lowest BCUT2D eigenvalue weighted by Crippen LogP contribution is -2.84. The molecule has 0 aromatic heterocycles. The Morgan fingerprint density at radius 2 is 1.50 bits per heavy atom. The van der Waals surface area contributed by atoms with Gasteiger partial charge in [-0.3, -0.25) is 4.57 Å². The normalized spacial score (nSPS) is 16.5. The van der Waals surface area contributed by atoms with E-state index in [9.17, 15) is 0 Å². The van der Waals surface area contributed by atoms with Crippen LogP contribution in [-0.2, 0) is 0 Å². The van der Waals surface area contributed by atoms with Gasteiger partial charge < -0.3 is 14.6 Å². The summed E-state index contributed by atoms with van der Waals surface area (Å²) in [5.41, 5.74) is 0. The van der Waals surface area contributed by atoms with Gasteiger partial charge >= 0.3 is 8.72 Å². The average molecular weight is 263 g/mol. The van der Waals surface area contributed by atoms with E-state index in [-0.39, 0.29) is 0 Å². The van der Waals surface area contributed by atoms with Gasteiger partial charge in [0.15, 0.2) is 0 Å². The van der Waals surface area contributed by atoms with Gasteiger partial charge in [0.1, 0.15) is 8.24 Å². The van der Waals surface area contributed by atoms with E-state index < -0.39 is 17.0 Å². The van der Waals surface area contributed by atoms with Gasteiger partial charge in [-0.1, -0.05) is 40.4 Å². The van der Waals surface area contributed by atoms with Gasteiger partial charge in [0, 0.05) is 0 Å². The van der Waals surface area contributed by atoms with Crippen LogP contribution in [0.15, 0.2) is 0 Å². The van der Waals surface area contributed by atoms with E-state index in [0.29, 0.717) is 0 Å². The fraction of sp³-hybridized carbons (Fsp3) is 1.00. The van der Waals surface area contributed by atoms with Crippen molar-refractivity contribution in [2.75, 3.05) is 26.7 Å². The van der Waals surface area contributed by atoms with Gasteiger partial charge in [-0.15, -0.1) is 0 Å². The lowest BCUT2D eigenvalue weighted by atomic mass is 10.7. The van der Waals surface area contributed by atoms with Crippen molar-refractivity contribution in [3.05, 3.63) is 0 Å². The number of nitrogens with zero attached hydrogens (tertiary/aromatic N) is 1. The van der Waals surface area contributed by atoms with Crippen LogP contribution < -0.4 is 14.6 Å². The van der Waals surface area contributed by atoms with Gasteiger partial charge in [-0.2, -0.15) is 0 Å². The molecule has 0 amide bonds. The third kappa shape index (κ3) is 4.64. The second-order valence-electron chi connectivity index (χ2n) is 5.04. The van der Waals surface area contributed by atoms with Crippen LogP contribution in [0, 0.1) is 0 Å². The van der Waals surface area contributed by atoms with Crippen molar-refractivity contribution in [2.45, 2.75) is 40.4 Å². The molecule has 0 bridgehead atoms. The minimum absolute atomic E-state index is 1.00. The van der Waals surface area contributed by atoms with Gasteiger partial charge in [0.05, 0.1) is 0 Å². The van der Waals surface area contributed by atoms with Crippen molar-refractivity contribution in [2.24, 2.45) is 0 Å². The summed E-state index contributed by atoms with van der Waals surface area (Å²) in [6.45, 7) is 16.8. The summed E-state index contributed by atoms with van der Waals surface area (Å²) in [5.74, 6) is 0. The molecule has 16 heavy (non-hydrogen) atoms. The van der Waals surface area contributed by atoms with Crippen molar-refractivity contribution in [3.63, 3.8) is 0 Å². The molecule has 6 heteroatoms. The predicted molar refractivity (Wildman–Crippen MR) is 77.9 cm³/mol. The fourth-order valence-corrected chi connectivity index (χ4v) is 10.0. The predicted octanol–water partition coefficient (Wildman–Crippen LogP) is 1.02. The monoisotopic (exact) mass is 262 g/mol. The number of hydrogen-bond acceptors (Lipinski definition) is 4. The Balaban J connectivity index is 4.96. The maximum absolute atomic E-state index is 3.90. The van der Waals surface area contributed by atoms with Crippen molar-refractivity contribution in [1.82, 2.24) is 19.2 Å². The first-order valence-corrected chi connectivity index (χ1v) is 11.8. The van der Waals surface area contributed by atoms with Crippen LogP contribution in [0.4, 0.5) is 0 Å². The summed E-state index contributed by atoms with van der Waals surface area (Å²) < 4.78 is 6.43. The fourth-order valence-electron chi connectivity index (χ4n) is 2.04. The lowest BCUT2D eigenvalue weighted by molar-refractivity contribution is 0.429. The molecule has 4 nitrogen and oxygen atoms in total. The first-order valence-electron chi connectivity index (χ1n) is 6.33. The topological polar surface area (TPSA) is 39.3 Å². The molecule has 0 spiro atoms. The number of rotatable bonds is 8. The van der Waals surface area contributed by atoms with Gasteiger partial charge in [0.2, 0.25) is 0 Å². The van der Waals surface area contributed by atoms with Crippen LogP contribution in [-0.4, -0.2) is 48.2 Å². The maximum atomic E-state index is 3.90. The number of hydrogen-bond donors (Lipinski definition) is 3. The minimum Gasteiger partial charge on any atom is -0.322 e. The van der Waals surface area contributed by atoms with E-state index in [1.165, 1.54) is 0 Å². The molecule has 0 aromatic carbocycles. The minimum atomic E-state index is -1.89. The molecule has 0 heterocycles. The Kier molecular flexibility index (Phi) is 6.99. The molecule has 0 radical (unpaired) electrons. The highest BCUT2D eigenvalue weighted by molar-refractivity contribution is 6.88. The zero-order valence-corrected chi connectivity index (χ0v) is 14.1. The van der Waals surface area contributed by atoms with Gasteiger partial charge in [-0.05, 0) is 26.7 Å². The molecule has 0 aliphatic heterocycles. The smallest absolute Gasteiger partial charge is 0.322 e. The molecule has 0 aliphatic rings. The Bertz CT molecular complexity index is 192. The highest BCUT2D eigenvalue weighted by Gasteiger charge is 2.41. The molecule has 0 aromatic rings. The molecule has 1 atom stereocenters. The van der Waals surface area contributed by atoms with Crippen LogP contribution >= 0.6 is 0 Å². The second-order valence-corrected chi connectivity index (χ2v) is 13.4. The van der Waals surface area contributed by atoms with Crippen molar-refractivity contribution < 1.29 is 0 Å². The summed E-state index contributed by atoms with van der Waals surface area (Å²) in [7, 11) is -1.12. The standard InChI is InChI=1S/C10H30N4Si2/c1-8-12-16(11-4,13-15(5,6)7)14(9-2)10-3/h11-13H,8-10H2,1-7H3. The molecule has 0 fully saturated rings. The second kappa shape index (κ2) is 6.88. The van der Waals surface area contributed by atoms with Gasteiger partial charge in [0.25, 0.3) is 0 Å². The summed E-state index contributed by atoms with van der Waals surface area (Å²) >= 11 is 0. The average Bonchev–Trinajstić information content (AvgIpc) is 2.17. The zero-order chi connectivity index (χ0) is 12.8. The Labute approximate surface area is 104 Å². The van der Waals surface area contributed by atoms with Crippen molar-refractivity contribution in [3.8, 4) is 0 Å². The largest absolute Gasteiger partial charge is 0.361 e. The third-order valence-corrected chi connectivity index (χ3v) is 10.2. The molecule has 0 rings (SSSR count). The van der Waals surface area contributed by atoms with E-state index in [1.54, 1.807) is 0 Å². The molecular formula is C10H30N4Si2. The molecule has 0 saturated carbocycles. The molecule has 3 N–H and O–H groups in total. The van der Waals surface area contributed by atoms with Crippen LogP contribution in [0.25, 0.3) is 0 Å². The molecule has 98 valence electrons. The molecule has 1 unspecified atom stereocenters. The highest BCUT2D eigenvalue weighted by atomic mass is 28.4. The summed E-state index contributed by atoms with van der Waals surface area (Å²) in [5, 5.41) is 0. The molecular weight excluding hydrogens is 232 g/mol. The van der Waals surface area contributed by atoms with Crippen molar-refractivity contribution in [1.29, 1.82) is 0 Å². The summed E-state index contributed by atoms with van der Waals surface area (Å²) in [6.07, 6.45) is 0. The van der Waals surface area contributed by atoms with Crippen molar-refractivity contribution >= 4 is 17.0 Å². The number of nitrogens with one attached hydrogen (secondary N) is 3. The SMILES string of the molecule is CCN[Si](NC)(N[Si](C)(C)C)N(CC)CC. The Morgan fingerprint density at radius 1 is 1.00 bits per heavy atom. The third-order valence-electron chi connectivity index (χ3n) is 2.59. The summed E-state index contributed by atoms with van der Waals surface area (Å²) in [4.78, 5) is 7.23. The van der Waals surface area contributed by atoms with Crippen LogP contribution in [0.2, 0.25) is 19.6 Å².